The molecule has 0 unspecified atom stereocenters. The fraction of sp³-hybridized carbons (Fsp3) is 0.643. The fourth-order valence-corrected chi connectivity index (χ4v) is 2.88. The number of likely N-dealkylation sites (N-methyl/N-ethyl adjacent to an activating group) is 1. The maximum Gasteiger partial charge on any atom is 0.195 e. The SMILES string of the molecule is CCN(CCOC)c1nc2sccn2c1CNC(C)C. The van der Waals surface area contributed by atoms with Crippen molar-refractivity contribution in [3.63, 3.8) is 0 Å². The summed E-state index contributed by atoms with van der Waals surface area (Å²) >= 11 is 1.67. The summed E-state index contributed by atoms with van der Waals surface area (Å²) in [5.41, 5.74) is 1.23. The smallest absolute Gasteiger partial charge is 0.195 e. The van der Waals surface area contributed by atoms with Gasteiger partial charge in [-0.05, 0) is 6.92 Å². The summed E-state index contributed by atoms with van der Waals surface area (Å²) in [5, 5.41) is 5.57. The van der Waals surface area contributed by atoms with Crippen molar-refractivity contribution in [1.29, 1.82) is 0 Å². The largest absolute Gasteiger partial charge is 0.383 e. The van der Waals surface area contributed by atoms with Crippen LogP contribution < -0.4 is 10.2 Å². The molecule has 2 aromatic rings. The van der Waals surface area contributed by atoms with Crippen molar-refractivity contribution >= 4 is 22.1 Å². The van der Waals surface area contributed by atoms with Crippen LogP contribution in [0, 0.1) is 0 Å². The van der Waals surface area contributed by atoms with E-state index >= 15 is 0 Å². The molecule has 20 heavy (non-hydrogen) atoms. The van der Waals surface area contributed by atoms with E-state index in [1.54, 1.807) is 18.4 Å². The van der Waals surface area contributed by atoms with Crippen LogP contribution in [0.25, 0.3) is 4.96 Å². The number of ether oxygens (including phenoxy) is 1. The van der Waals surface area contributed by atoms with E-state index in [0.717, 1.165) is 37.0 Å². The summed E-state index contributed by atoms with van der Waals surface area (Å²) in [5.74, 6) is 1.07. The number of imidazole rings is 1. The van der Waals surface area contributed by atoms with Gasteiger partial charge in [-0.1, -0.05) is 13.8 Å². The first-order chi connectivity index (χ1) is 9.67. The summed E-state index contributed by atoms with van der Waals surface area (Å²) in [4.78, 5) is 8.12. The van der Waals surface area contributed by atoms with Gasteiger partial charge in [0, 0.05) is 44.4 Å². The van der Waals surface area contributed by atoms with Crippen LogP contribution in [0.2, 0.25) is 0 Å². The zero-order valence-corrected chi connectivity index (χ0v) is 13.5. The number of methoxy groups -OCH3 is 1. The molecule has 0 saturated heterocycles. The number of thiazole rings is 1. The van der Waals surface area contributed by atoms with E-state index in [1.807, 2.05) is 0 Å². The molecule has 5 nitrogen and oxygen atoms in total. The predicted molar refractivity (Wildman–Crippen MR) is 84.8 cm³/mol. The second-order valence-electron chi connectivity index (χ2n) is 5.05. The van der Waals surface area contributed by atoms with Gasteiger partial charge in [-0.2, -0.15) is 0 Å². The average Bonchev–Trinajstić information content (AvgIpc) is 2.98. The molecule has 2 rings (SSSR count). The molecule has 0 aliphatic carbocycles. The van der Waals surface area contributed by atoms with Gasteiger partial charge in [0.15, 0.2) is 10.8 Å². The Bertz CT molecular complexity index is 534. The lowest BCUT2D eigenvalue weighted by Crippen LogP contribution is -2.30. The summed E-state index contributed by atoms with van der Waals surface area (Å²) in [6, 6.07) is 0.459. The van der Waals surface area contributed by atoms with Crippen LogP contribution in [0.3, 0.4) is 0 Å². The van der Waals surface area contributed by atoms with Crippen LogP contribution >= 0.6 is 11.3 Å². The Kier molecular flexibility index (Phi) is 5.39. The molecule has 0 atom stereocenters. The predicted octanol–water partition coefficient (Wildman–Crippen LogP) is 2.37. The maximum atomic E-state index is 5.20. The van der Waals surface area contributed by atoms with Crippen LogP contribution in [0.15, 0.2) is 11.6 Å². The number of nitrogens with zero attached hydrogens (tertiary/aromatic N) is 3. The van der Waals surface area contributed by atoms with E-state index in [-0.39, 0.29) is 0 Å². The number of rotatable bonds is 8. The van der Waals surface area contributed by atoms with E-state index in [0.29, 0.717) is 6.04 Å². The van der Waals surface area contributed by atoms with Gasteiger partial charge < -0.3 is 15.0 Å². The van der Waals surface area contributed by atoms with Crippen molar-refractivity contribution in [2.24, 2.45) is 0 Å². The van der Waals surface area contributed by atoms with Crippen molar-refractivity contribution in [2.45, 2.75) is 33.4 Å². The molecule has 0 aliphatic heterocycles. The highest BCUT2D eigenvalue weighted by molar-refractivity contribution is 7.15. The van der Waals surface area contributed by atoms with Crippen LogP contribution in [0.4, 0.5) is 5.82 Å². The molecule has 0 radical (unpaired) electrons. The number of hydrogen-bond acceptors (Lipinski definition) is 5. The minimum absolute atomic E-state index is 0.459. The zero-order chi connectivity index (χ0) is 14.5. The van der Waals surface area contributed by atoms with Gasteiger partial charge >= 0.3 is 0 Å². The molecule has 0 amide bonds. The number of hydrogen-bond donors (Lipinski definition) is 1. The Morgan fingerprint density at radius 2 is 2.30 bits per heavy atom. The standard InChI is InChI=1S/C14H24N4OS/c1-5-17(6-8-19-4)13-12(10-15-11(2)3)18-7-9-20-14(18)16-13/h7,9,11,15H,5-6,8,10H2,1-4H3. The molecule has 2 aromatic heterocycles. The lowest BCUT2D eigenvalue weighted by Gasteiger charge is -2.22. The van der Waals surface area contributed by atoms with Crippen molar-refractivity contribution in [1.82, 2.24) is 14.7 Å². The van der Waals surface area contributed by atoms with Crippen molar-refractivity contribution in [3.8, 4) is 0 Å². The summed E-state index contributed by atoms with van der Waals surface area (Å²) in [7, 11) is 1.74. The minimum atomic E-state index is 0.459. The van der Waals surface area contributed by atoms with Gasteiger partial charge in [0.25, 0.3) is 0 Å². The zero-order valence-electron chi connectivity index (χ0n) is 12.7. The molecule has 0 aromatic carbocycles. The first kappa shape index (κ1) is 15.3. The van der Waals surface area contributed by atoms with E-state index in [9.17, 15) is 0 Å². The van der Waals surface area contributed by atoms with Crippen molar-refractivity contribution in [3.05, 3.63) is 17.3 Å². The van der Waals surface area contributed by atoms with Gasteiger partial charge in [-0.15, -0.1) is 11.3 Å². The van der Waals surface area contributed by atoms with Crippen LogP contribution in [0.5, 0.6) is 0 Å². The molecule has 6 heteroatoms. The first-order valence-corrected chi connectivity index (χ1v) is 7.97. The van der Waals surface area contributed by atoms with Crippen molar-refractivity contribution < 1.29 is 4.74 Å². The summed E-state index contributed by atoms with van der Waals surface area (Å²) < 4.78 is 7.39. The van der Waals surface area contributed by atoms with Gasteiger partial charge in [0.05, 0.1) is 12.3 Å². The summed E-state index contributed by atoms with van der Waals surface area (Å²) in [6.45, 7) is 9.82. The van der Waals surface area contributed by atoms with Crippen LogP contribution in [0.1, 0.15) is 26.5 Å². The molecule has 0 spiro atoms. The molecule has 0 bridgehead atoms. The lowest BCUT2D eigenvalue weighted by atomic mass is 10.3. The second-order valence-corrected chi connectivity index (χ2v) is 5.92. The fourth-order valence-electron chi connectivity index (χ4n) is 2.15. The molecular formula is C14H24N4OS. The summed E-state index contributed by atoms with van der Waals surface area (Å²) in [6.07, 6.45) is 2.10. The van der Waals surface area contributed by atoms with Gasteiger partial charge in [0.1, 0.15) is 0 Å². The highest BCUT2D eigenvalue weighted by atomic mass is 32.1. The van der Waals surface area contributed by atoms with Crippen LogP contribution in [-0.2, 0) is 11.3 Å². The number of anilines is 1. The highest BCUT2D eigenvalue weighted by Gasteiger charge is 2.17. The Hall–Kier alpha value is -1.11. The van der Waals surface area contributed by atoms with E-state index in [4.69, 9.17) is 9.72 Å². The van der Waals surface area contributed by atoms with Gasteiger partial charge in [-0.3, -0.25) is 4.40 Å². The molecule has 0 saturated carbocycles. The monoisotopic (exact) mass is 296 g/mol. The lowest BCUT2D eigenvalue weighted by molar-refractivity contribution is 0.205. The third-order valence-electron chi connectivity index (χ3n) is 3.26. The van der Waals surface area contributed by atoms with Gasteiger partial charge in [0.2, 0.25) is 0 Å². The molecular weight excluding hydrogens is 272 g/mol. The number of fused-ring (bicyclic) bond motifs is 1. The Balaban J connectivity index is 2.29. The minimum Gasteiger partial charge on any atom is -0.383 e. The Labute approximate surface area is 124 Å². The first-order valence-electron chi connectivity index (χ1n) is 7.09. The molecule has 2 heterocycles. The molecule has 112 valence electrons. The third-order valence-corrected chi connectivity index (χ3v) is 4.02. The van der Waals surface area contributed by atoms with Crippen LogP contribution in [-0.4, -0.2) is 42.2 Å². The maximum absolute atomic E-state index is 5.20. The average molecular weight is 296 g/mol. The third kappa shape index (κ3) is 3.31. The Morgan fingerprint density at radius 1 is 1.50 bits per heavy atom. The quantitative estimate of drug-likeness (QED) is 0.812. The molecule has 0 aliphatic rings. The molecule has 0 fully saturated rings. The van der Waals surface area contributed by atoms with Gasteiger partial charge in [-0.25, -0.2) is 4.98 Å². The topological polar surface area (TPSA) is 41.8 Å². The normalized spacial score (nSPS) is 11.7. The number of aromatic nitrogens is 2. The second kappa shape index (κ2) is 7.06. The van der Waals surface area contributed by atoms with E-state index in [2.05, 4.69) is 47.0 Å². The molecule has 1 N–H and O–H groups in total. The van der Waals surface area contributed by atoms with E-state index in [1.165, 1.54) is 5.69 Å². The Morgan fingerprint density at radius 3 is 2.95 bits per heavy atom. The van der Waals surface area contributed by atoms with E-state index < -0.39 is 0 Å². The van der Waals surface area contributed by atoms with Crippen molar-refractivity contribution in [2.75, 3.05) is 31.7 Å². The highest BCUT2D eigenvalue weighted by Crippen LogP contribution is 2.24. The number of nitrogens with one attached hydrogen (secondary N) is 1.